The van der Waals surface area contributed by atoms with Crippen molar-refractivity contribution in [1.29, 1.82) is 0 Å². The Morgan fingerprint density at radius 3 is 2.79 bits per heavy atom. The summed E-state index contributed by atoms with van der Waals surface area (Å²) in [4.78, 5) is 22.4. The van der Waals surface area contributed by atoms with E-state index in [1.54, 1.807) is 18.3 Å². The summed E-state index contributed by atoms with van der Waals surface area (Å²) in [6, 6.07) is 9.94. The predicted molar refractivity (Wildman–Crippen MR) is 101 cm³/mol. The molecule has 28 heavy (non-hydrogen) atoms. The van der Waals surface area contributed by atoms with Crippen LogP contribution < -0.4 is 10.6 Å². The van der Waals surface area contributed by atoms with Crippen molar-refractivity contribution >= 4 is 11.7 Å². The largest absolute Gasteiger partial charge is 0.369 e. The Balaban J connectivity index is 1.45. The van der Waals surface area contributed by atoms with Gasteiger partial charge in [-0.3, -0.25) is 4.79 Å². The van der Waals surface area contributed by atoms with Gasteiger partial charge in [0.2, 0.25) is 5.91 Å². The van der Waals surface area contributed by atoms with Crippen LogP contribution in [0.1, 0.15) is 24.2 Å². The third kappa shape index (κ3) is 4.00. The highest BCUT2D eigenvalue weighted by atomic mass is 19.1. The van der Waals surface area contributed by atoms with Crippen LogP contribution in [0.2, 0.25) is 0 Å². The quantitative estimate of drug-likeness (QED) is 0.729. The molecule has 0 aliphatic carbocycles. The number of rotatable bonds is 5. The fourth-order valence-corrected chi connectivity index (χ4v) is 3.34. The lowest BCUT2D eigenvalue weighted by atomic mass is 9.97. The molecule has 1 saturated heterocycles. The third-order valence-electron chi connectivity index (χ3n) is 4.89. The number of carbonyl (C=O) groups is 1. The predicted octanol–water partition coefficient (Wildman–Crippen LogP) is 2.56. The van der Waals surface area contributed by atoms with Crippen molar-refractivity contribution in [2.75, 3.05) is 18.0 Å². The fraction of sp³-hybridized carbons (Fsp3) is 0.300. The first-order chi connectivity index (χ1) is 13.6. The number of hydrogen-bond acceptors (Lipinski definition) is 6. The SMILES string of the molecule is NC(=O)C1CCCN(c2ccc(-c3nc(Cc4ccc(F)cc4)no3)cn2)C1. The van der Waals surface area contributed by atoms with E-state index in [1.807, 2.05) is 12.1 Å². The molecule has 1 atom stereocenters. The highest BCUT2D eigenvalue weighted by Crippen LogP contribution is 2.24. The first-order valence-corrected chi connectivity index (χ1v) is 9.16. The average molecular weight is 381 g/mol. The number of benzene rings is 1. The lowest BCUT2D eigenvalue weighted by molar-refractivity contribution is -0.122. The number of piperidine rings is 1. The highest BCUT2D eigenvalue weighted by Gasteiger charge is 2.24. The maximum Gasteiger partial charge on any atom is 0.259 e. The van der Waals surface area contributed by atoms with E-state index in [9.17, 15) is 9.18 Å². The normalized spacial score (nSPS) is 16.9. The number of carbonyl (C=O) groups excluding carboxylic acids is 1. The molecule has 0 saturated carbocycles. The van der Waals surface area contributed by atoms with Gasteiger partial charge in [0.25, 0.3) is 5.89 Å². The molecule has 0 spiro atoms. The van der Waals surface area contributed by atoms with Crippen LogP contribution in [0, 0.1) is 11.7 Å². The van der Waals surface area contributed by atoms with Gasteiger partial charge in [-0.1, -0.05) is 17.3 Å². The Hall–Kier alpha value is -3.29. The fourth-order valence-electron chi connectivity index (χ4n) is 3.34. The average Bonchev–Trinajstić information content (AvgIpc) is 3.18. The van der Waals surface area contributed by atoms with Gasteiger partial charge in [-0.25, -0.2) is 9.37 Å². The Kier molecular flexibility index (Phi) is 5.01. The molecule has 2 N–H and O–H groups in total. The summed E-state index contributed by atoms with van der Waals surface area (Å²) in [7, 11) is 0. The Morgan fingerprint density at radius 2 is 2.07 bits per heavy atom. The molecule has 144 valence electrons. The second-order valence-electron chi connectivity index (χ2n) is 6.91. The van der Waals surface area contributed by atoms with Gasteiger partial charge in [0.15, 0.2) is 5.82 Å². The topological polar surface area (TPSA) is 98.1 Å². The van der Waals surface area contributed by atoms with Gasteiger partial charge in [-0.2, -0.15) is 4.98 Å². The Bertz CT molecular complexity index is 955. The van der Waals surface area contributed by atoms with Crippen LogP contribution in [0.15, 0.2) is 47.1 Å². The first-order valence-electron chi connectivity index (χ1n) is 9.16. The van der Waals surface area contributed by atoms with Crippen LogP contribution in [0.4, 0.5) is 10.2 Å². The molecule has 2 aromatic heterocycles. The number of nitrogens with zero attached hydrogens (tertiary/aromatic N) is 4. The van der Waals surface area contributed by atoms with E-state index in [2.05, 4.69) is 20.0 Å². The number of pyridine rings is 1. The van der Waals surface area contributed by atoms with Crippen LogP contribution in [-0.4, -0.2) is 34.1 Å². The molecule has 7 nitrogen and oxygen atoms in total. The van der Waals surface area contributed by atoms with Crippen LogP contribution in [0.3, 0.4) is 0 Å². The van der Waals surface area contributed by atoms with Gasteiger partial charge in [0.1, 0.15) is 11.6 Å². The second kappa shape index (κ2) is 7.75. The van der Waals surface area contributed by atoms with Crippen molar-refractivity contribution in [1.82, 2.24) is 15.1 Å². The Labute approximate surface area is 161 Å². The lowest BCUT2D eigenvalue weighted by Crippen LogP contribution is -2.41. The van der Waals surface area contributed by atoms with Gasteiger partial charge < -0.3 is 15.2 Å². The second-order valence-corrected chi connectivity index (χ2v) is 6.91. The zero-order chi connectivity index (χ0) is 19.5. The molecule has 1 aliphatic rings. The maximum atomic E-state index is 13.0. The van der Waals surface area contributed by atoms with E-state index in [4.69, 9.17) is 10.3 Å². The minimum Gasteiger partial charge on any atom is -0.369 e. The molecule has 1 fully saturated rings. The van der Waals surface area contributed by atoms with Gasteiger partial charge >= 0.3 is 0 Å². The molecular formula is C20H20FN5O2. The number of primary amides is 1. The highest BCUT2D eigenvalue weighted by molar-refractivity contribution is 5.77. The third-order valence-corrected chi connectivity index (χ3v) is 4.89. The van der Waals surface area contributed by atoms with Crippen LogP contribution in [0.25, 0.3) is 11.5 Å². The molecule has 0 bridgehead atoms. The molecular weight excluding hydrogens is 361 g/mol. The zero-order valence-electron chi connectivity index (χ0n) is 15.2. The van der Waals surface area contributed by atoms with Crippen LogP contribution in [0.5, 0.6) is 0 Å². The minimum absolute atomic E-state index is 0.139. The molecule has 1 aromatic carbocycles. The lowest BCUT2D eigenvalue weighted by Gasteiger charge is -2.32. The summed E-state index contributed by atoms with van der Waals surface area (Å²) in [5.74, 6) is 1.01. The maximum absolute atomic E-state index is 13.0. The summed E-state index contributed by atoms with van der Waals surface area (Å²) in [5.41, 5.74) is 7.05. The van der Waals surface area contributed by atoms with Crippen molar-refractivity contribution in [3.8, 4) is 11.5 Å². The summed E-state index contributed by atoms with van der Waals surface area (Å²) in [6.07, 6.45) is 3.87. The minimum atomic E-state index is -0.278. The van der Waals surface area contributed by atoms with E-state index >= 15 is 0 Å². The van der Waals surface area contributed by atoms with Crippen molar-refractivity contribution in [3.63, 3.8) is 0 Å². The van der Waals surface area contributed by atoms with E-state index in [0.717, 1.165) is 30.8 Å². The smallest absolute Gasteiger partial charge is 0.259 e. The van der Waals surface area contributed by atoms with Crippen molar-refractivity contribution < 1.29 is 13.7 Å². The summed E-state index contributed by atoms with van der Waals surface area (Å²) in [6.45, 7) is 1.43. The summed E-state index contributed by atoms with van der Waals surface area (Å²) in [5, 5.41) is 3.98. The van der Waals surface area contributed by atoms with Crippen LogP contribution in [-0.2, 0) is 11.2 Å². The van der Waals surface area contributed by atoms with E-state index in [-0.39, 0.29) is 17.6 Å². The van der Waals surface area contributed by atoms with Crippen LogP contribution >= 0.6 is 0 Å². The standard InChI is InChI=1S/C20H20FN5O2/c21-16-6-3-13(4-7-16)10-17-24-20(28-25-17)14-5-8-18(23-11-14)26-9-1-2-15(12-26)19(22)27/h3-8,11,15H,1-2,9-10,12H2,(H2,22,27). The monoisotopic (exact) mass is 381 g/mol. The number of amides is 1. The number of nitrogens with two attached hydrogens (primary N) is 1. The molecule has 1 aliphatic heterocycles. The number of hydrogen-bond donors (Lipinski definition) is 1. The number of halogens is 1. The van der Waals surface area contributed by atoms with Crippen molar-refractivity contribution in [2.45, 2.75) is 19.3 Å². The summed E-state index contributed by atoms with van der Waals surface area (Å²) >= 11 is 0. The van der Waals surface area contributed by atoms with E-state index in [1.165, 1.54) is 12.1 Å². The molecule has 1 amide bonds. The molecule has 8 heteroatoms. The number of aromatic nitrogens is 3. The zero-order valence-corrected chi connectivity index (χ0v) is 15.2. The van der Waals surface area contributed by atoms with Crippen molar-refractivity contribution in [2.24, 2.45) is 11.7 Å². The van der Waals surface area contributed by atoms with Gasteiger partial charge in [0, 0.05) is 25.7 Å². The van der Waals surface area contributed by atoms with Gasteiger partial charge in [-0.05, 0) is 42.7 Å². The molecule has 1 unspecified atom stereocenters. The molecule has 3 heterocycles. The number of anilines is 1. The molecule has 4 rings (SSSR count). The molecule has 3 aromatic rings. The summed E-state index contributed by atoms with van der Waals surface area (Å²) < 4.78 is 18.3. The van der Waals surface area contributed by atoms with E-state index < -0.39 is 0 Å². The molecule has 0 radical (unpaired) electrons. The van der Waals surface area contributed by atoms with Gasteiger partial charge in [-0.15, -0.1) is 0 Å². The van der Waals surface area contributed by atoms with Crippen molar-refractivity contribution in [3.05, 3.63) is 59.8 Å². The van der Waals surface area contributed by atoms with Gasteiger partial charge in [0.05, 0.1) is 11.5 Å². The van der Waals surface area contributed by atoms with E-state index in [0.29, 0.717) is 30.2 Å². The first kappa shape index (κ1) is 18.1. The Morgan fingerprint density at radius 1 is 1.25 bits per heavy atom.